The number of ether oxygens (including phenoxy) is 1. The molecule has 0 bridgehead atoms. The molecule has 1 rings (SSSR count). The van der Waals surface area contributed by atoms with Gasteiger partial charge in [-0.2, -0.15) is 0 Å². The average molecular weight is 278 g/mol. The van der Waals surface area contributed by atoms with Crippen molar-refractivity contribution in [3.8, 4) is 0 Å². The molecule has 0 saturated carbocycles. The maximum atomic E-state index is 11.6. The Labute approximate surface area is 121 Å². The number of alkyl carbamates (subject to hydrolysis) is 1. The van der Waals surface area contributed by atoms with E-state index < -0.39 is 5.60 Å². The summed E-state index contributed by atoms with van der Waals surface area (Å²) >= 11 is 0. The molecule has 1 atom stereocenters. The molecule has 1 aromatic carbocycles. The highest BCUT2D eigenvalue weighted by Crippen LogP contribution is 2.07. The predicted octanol–water partition coefficient (Wildman–Crippen LogP) is 3.08. The first-order valence-electron chi connectivity index (χ1n) is 7.11. The summed E-state index contributed by atoms with van der Waals surface area (Å²) in [4.78, 5) is 11.6. The topological polar surface area (TPSA) is 50.4 Å². The Morgan fingerprint density at radius 2 is 1.90 bits per heavy atom. The van der Waals surface area contributed by atoms with Crippen LogP contribution in [0, 0.1) is 0 Å². The van der Waals surface area contributed by atoms with E-state index in [0.717, 1.165) is 19.5 Å². The zero-order valence-corrected chi connectivity index (χ0v) is 12.9. The minimum Gasteiger partial charge on any atom is -0.444 e. The molecule has 0 saturated heterocycles. The zero-order valence-electron chi connectivity index (χ0n) is 12.9. The maximum Gasteiger partial charge on any atom is 0.407 e. The SMILES string of the molecule is CC(CCNCc1ccccc1)NC(=O)OC(C)(C)C. The Bertz CT molecular complexity index is 399. The van der Waals surface area contributed by atoms with Gasteiger partial charge in [0.1, 0.15) is 5.60 Å². The fourth-order valence-corrected chi connectivity index (χ4v) is 1.73. The maximum absolute atomic E-state index is 11.6. The second-order valence-corrected chi connectivity index (χ2v) is 6.00. The van der Waals surface area contributed by atoms with Crippen LogP contribution in [0.3, 0.4) is 0 Å². The molecule has 1 unspecified atom stereocenters. The van der Waals surface area contributed by atoms with E-state index in [-0.39, 0.29) is 12.1 Å². The van der Waals surface area contributed by atoms with Gasteiger partial charge >= 0.3 is 6.09 Å². The second kappa shape index (κ2) is 7.90. The van der Waals surface area contributed by atoms with Crippen molar-refractivity contribution in [1.82, 2.24) is 10.6 Å². The van der Waals surface area contributed by atoms with Crippen LogP contribution in [-0.4, -0.2) is 24.3 Å². The lowest BCUT2D eigenvalue weighted by atomic mass is 10.2. The number of amides is 1. The van der Waals surface area contributed by atoms with Crippen molar-refractivity contribution in [3.05, 3.63) is 35.9 Å². The first-order chi connectivity index (χ1) is 9.37. The number of carbonyl (C=O) groups excluding carboxylic acids is 1. The molecule has 0 aliphatic heterocycles. The number of hydrogen-bond donors (Lipinski definition) is 2. The summed E-state index contributed by atoms with van der Waals surface area (Å²) in [7, 11) is 0. The van der Waals surface area contributed by atoms with Crippen LogP contribution in [0.15, 0.2) is 30.3 Å². The van der Waals surface area contributed by atoms with Crippen molar-refractivity contribution in [2.75, 3.05) is 6.54 Å². The zero-order chi connectivity index (χ0) is 15.0. The largest absolute Gasteiger partial charge is 0.444 e. The molecule has 112 valence electrons. The molecular formula is C16H26N2O2. The molecule has 0 aromatic heterocycles. The summed E-state index contributed by atoms with van der Waals surface area (Å²) in [5.74, 6) is 0. The first-order valence-corrected chi connectivity index (χ1v) is 7.11. The molecule has 4 heteroatoms. The lowest BCUT2D eigenvalue weighted by Gasteiger charge is -2.22. The minimum absolute atomic E-state index is 0.0909. The van der Waals surface area contributed by atoms with Crippen molar-refractivity contribution < 1.29 is 9.53 Å². The normalized spacial score (nSPS) is 12.8. The standard InChI is InChI=1S/C16H26N2O2/c1-13(18-15(19)20-16(2,3)4)10-11-17-12-14-8-6-5-7-9-14/h5-9,13,17H,10-12H2,1-4H3,(H,18,19). The van der Waals surface area contributed by atoms with Crippen LogP contribution >= 0.6 is 0 Å². The Balaban J connectivity index is 2.14. The number of nitrogens with one attached hydrogen (secondary N) is 2. The van der Waals surface area contributed by atoms with E-state index in [4.69, 9.17) is 4.74 Å². The number of benzene rings is 1. The summed E-state index contributed by atoms with van der Waals surface area (Å²) in [5.41, 5.74) is 0.815. The van der Waals surface area contributed by atoms with E-state index in [0.29, 0.717) is 0 Å². The molecule has 0 heterocycles. The first kappa shape index (κ1) is 16.5. The smallest absolute Gasteiger partial charge is 0.407 e. The van der Waals surface area contributed by atoms with E-state index in [1.807, 2.05) is 45.9 Å². The average Bonchev–Trinajstić information content (AvgIpc) is 2.33. The summed E-state index contributed by atoms with van der Waals surface area (Å²) in [5, 5.41) is 6.20. The summed E-state index contributed by atoms with van der Waals surface area (Å²) in [6.07, 6.45) is 0.513. The van der Waals surface area contributed by atoms with Crippen LogP contribution in [0.4, 0.5) is 4.79 Å². The van der Waals surface area contributed by atoms with Gasteiger partial charge in [0.05, 0.1) is 0 Å². The summed E-state index contributed by atoms with van der Waals surface area (Å²) in [6.45, 7) is 9.26. The van der Waals surface area contributed by atoms with E-state index in [2.05, 4.69) is 22.8 Å². The molecule has 0 spiro atoms. The predicted molar refractivity (Wildman–Crippen MR) is 81.6 cm³/mol. The lowest BCUT2D eigenvalue weighted by Crippen LogP contribution is -2.38. The van der Waals surface area contributed by atoms with Crippen LogP contribution in [0.5, 0.6) is 0 Å². The van der Waals surface area contributed by atoms with Crippen molar-refractivity contribution in [2.24, 2.45) is 0 Å². The van der Waals surface area contributed by atoms with E-state index in [1.54, 1.807) is 0 Å². The molecule has 1 aromatic rings. The van der Waals surface area contributed by atoms with Crippen LogP contribution in [0.2, 0.25) is 0 Å². The minimum atomic E-state index is -0.449. The summed E-state index contributed by atoms with van der Waals surface area (Å²) in [6, 6.07) is 10.3. The third-order valence-electron chi connectivity index (χ3n) is 2.69. The van der Waals surface area contributed by atoms with E-state index in [9.17, 15) is 4.79 Å². The number of hydrogen-bond acceptors (Lipinski definition) is 3. The molecule has 0 fully saturated rings. The second-order valence-electron chi connectivity index (χ2n) is 6.00. The van der Waals surface area contributed by atoms with Gasteiger partial charge in [-0.1, -0.05) is 30.3 Å². The molecule has 0 aliphatic carbocycles. The van der Waals surface area contributed by atoms with Crippen LogP contribution in [0.25, 0.3) is 0 Å². The molecule has 0 radical (unpaired) electrons. The third-order valence-corrected chi connectivity index (χ3v) is 2.69. The van der Waals surface area contributed by atoms with E-state index >= 15 is 0 Å². The van der Waals surface area contributed by atoms with Gasteiger partial charge < -0.3 is 15.4 Å². The van der Waals surface area contributed by atoms with Crippen molar-refractivity contribution in [2.45, 2.75) is 52.3 Å². The Kier molecular flexibility index (Phi) is 6.52. The molecule has 20 heavy (non-hydrogen) atoms. The fraction of sp³-hybridized carbons (Fsp3) is 0.562. The van der Waals surface area contributed by atoms with Crippen molar-refractivity contribution in [1.29, 1.82) is 0 Å². The molecule has 0 aliphatic rings. The van der Waals surface area contributed by atoms with Gasteiger partial charge in [0.2, 0.25) is 0 Å². The van der Waals surface area contributed by atoms with Gasteiger partial charge in [-0.25, -0.2) is 4.79 Å². The summed E-state index contributed by atoms with van der Waals surface area (Å²) < 4.78 is 5.21. The van der Waals surface area contributed by atoms with Gasteiger partial charge in [-0.3, -0.25) is 0 Å². The molecule has 1 amide bonds. The van der Waals surface area contributed by atoms with Gasteiger partial charge in [-0.15, -0.1) is 0 Å². The van der Waals surface area contributed by atoms with E-state index in [1.165, 1.54) is 5.56 Å². The quantitative estimate of drug-likeness (QED) is 0.786. The Morgan fingerprint density at radius 3 is 2.50 bits per heavy atom. The van der Waals surface area contributed by atoms with Gasteiger partial charge in [-0.05, 0) is 46.2 Å². The highest BCUT2D eigenvalue weighted by Gasteiger charge is 2.17. The van der Waals surface area contributed by atoms with Gasteiger partial charge in [0.25, 0.3) is 0 Å². The fourth-order valence-electron chi connectivity index (χ4n) is 1.73. The third kappa shape index (κ3) is 7.79. The Morgan fingerprint density at radius 1 is 1.25 bits per heavy atom. The molecule has 2 N–H and O–H groups in total. The highest BCUT2D eigenvalue weighted by molar-refractivity contribution is 5.67. The lowest BCUT2D eigenvalue weighted by molar-refractivity contribution is 0.0506. The van der Waals surface area contributed by atoms with Crippen molar-refractivity contribution >= 4 is 6.09 Å². The van der Waals surface area contributed by atoms with Crippen LogP contribution in [0.1, 0.15) is 39.7 Å². The number of carbonyl (C=O) groups is 1. The number of rotatable bonds is 6. The van der Waals surface area contributed by atoms with Crippen LogP contribution in [-0.2, 0) is 11.3 Å². The van der Waals surface area contributed by atoms with Gasteiger partial charge in [0.15, 0.2) is 0 Å². The molecular weight excluding hydrogens is 252 g/mol. The van der Waals surface area contributed by atoms with Gasteiger partial charge in [0, 0.05) is 12.6 Å². The van der Waals surface area contributed by atoms with Crippen molar-refractivity contribution in [3.63, 3.8) is 0 Å². The Hall–Kier alpha value is -1.55. The molecule has 4 nitrogen and oxygen atoms in total. The van der Waals surface area contributed by atoms with Crippen LogP contribution < -0.4 is 10.6 Å². The monoisotopic (exact) mass is 278 g/mol. The highest BCUT2D eigenvalue weighted by atomic mass is 16.6.